The first kappa shape index (κ1) is 17.7. The minimum atomic E-state index is 0.359. The van der Waals surface area contributed by atoms with Crippen molar-refractivity contribution >= 4 is 11.7 Å². The molecule has 1 aromatic rings. The molecular weight excluding hydrogens is 324 g/mol. The molecule has 4 rings (SSSR count). The van der Waals surface area contributed by atoms with E-state index in [9.17, 15) is 4.79 Å². The second kappa shape index (κ2) is 7.93. The molecule has 5 heteroatoms. The van der Waals surface area contributed by atoms with Gasteiger partial charge < -0.3 is 9.80 Å². The van der Waals surface area contributed by atoms with Gasteiger partial charge in [-0.15, -0.1) is 0 Å². The number of hydrogen-bond donors (Lipinski definition) is 0. The fourth-order valence-electron chi connectivity index (χ4n) is 4.91. The number of hydrogen-bond acceptors (Lipinski definition) is 4. The average molecular weight is 357 g/mol. The third-order valence-electron chi connectivity index (χ3n) is 6.45. The van der Waals surface area contributed by atoms with Crippen LogP contribution in [0.15, 0.2) is 0 Å². The molecule has 0 N–H and O–H groups in total. The third-order valence-corrected chi connectivity index (χ3v) is 6.45. The summed E-state index contributed by atoms with van der Waals surface area (Å²) in [6.07, 6.45) is 11.9. The Labute approximate surface area is 157 Å². The molecule has 5 nitrogen and oxygen atoms in total. The van der Waals surface area contributed by atoms with E-state index in [1.807, 2.05) is 6.92 Å². The van der Waals surface area contributed by atoms with E-state index in [-0.39, 0.29) is 0 Å². The third kappa shape index (κ3) is 3.86. The predicted octanol–water partition coefficient (Wildman–Crippen LogP) is 3.28. The summed E-state index contributed by atoms with van der Waals surface area (Å²) in [5, 5.41) is 0. The van der Waals surface area contributed by atoms with Crippen LogP contribution in [0.2, 0.25) is 0 Å². The van der Waals surface area contributed by atoms with E-state index in [1.54, 1.807) is 0 Å². The van der Waals surface area contributed by atoms with E-state index < -0.39 is 0 Å². The van der Waals surface area contributed by atoms with Crippen LogP contribution in [0.4, 0.5) is 5.82 Å². The molecule has 1 saturated heterocycles. The number of amides is 1. The normalized spacial score (nSPS) is 21.1. The molecule has 0 aromatic carbocycles. The van der Waals surface area contributed by atoms with Crippen LogP contribution in [0.5, 0.6) is 0 Å². The largest absolute Gasteiger partial charge is 0.353 e. The highest BCUT2D eigenvalue weighted by atomic mass is 16.2. The van der Waals surface area contributed by atoms with Crippen LogP contribution in [0.1, 0.15) is 68.4 Å². The average Bonchev–Trinajstić information content (AvgIpc) is 3.19. The standard InChI is InChI=1S/C21H32N4O/c1-16-22-19-9-5-4-8-18(19)21(23-16)25-14-12-24(13-15-25)20(26)11-10-17-6-2-3-7-17/h17H,2-15H2,1H3. The van der Waals surface area contributed by atoms with Gasteiger partial charge >= 0.3 is 0 Å². The maximum Gasteiger partial charge on any atom is 0.222 e. The van der Waals surface area contributed by atoms with Crippen LogP contribution in [0, 0.1) is 12.8 Å². The SMILES string of the molecule is Cc1nc2c(c(N3CCN(C(=O)CCC4CCCC4)CC3)n1)CCCC2. The van der Waals surface area contributed by atoms with Gasteiger partial charge in [-0.1, -0.05) is 25.7 Å². The summed E-state index contributed by atoms with van der Waals surface area (Å²) in [6, 6.07) is 0. The summed E-state index contributed by atoms with van der Waals surface area (Å²) in [4.78, 5) is 26.5. The number of carbonyl (C=O) groups excluding carboxylic acids is 1. The first-order valence-electron chi connectivity index (χ1n) is 10.6. The molecule has 0 unspecified atom stereocenters. The lowest BCUT2D eigenvalue weighted by Gasteiger charge is -2.37. The van der Waals surface area contributed by atoms with E-state index in [0.717, 1.165) is 69.4 Å². The lowest BCUT2D eigenvalue weighted by molar-refractivity contribution is -0.131. The Kier molecular flexibility index (Phi) is 5.41. The Hall–Kier alpha value is -1.65. The molecule has 3 aliphatic rings. The summed E-state index contributed by atoms with van der Waals surface area (Å²) in [5.41, 5.74) is 2.62. The summed E-state index contributed by atoms with van der Waals surface area (Å²) in [6.45, 7) is 5.47. The van der Waals surface area contributed by atoms with Crippen molar-refractivity contribution < 1.29 is 4.79 Å². The molecule has 2 aliphatic carbocycles. The molecule has 2 fully saturated rings. The van der Waals surface area contributed by atoms with Crippen molar-refractivity contribution in [1.82, 2.24) is 14.9 Å². The molecule has 0 atom stereocenters. The Morgan fingerprint density at radius 3 is 2.50 bits per heavy atom. The number of piperazine rings is 1. The monoisotopic (exact) mass is 356 g/mol. The van der Waals surface area contributed by atoms with Crippen molar-refractivity contribution in [2.45, 2.75) is 71.1 Å². The highest BCUT2D eigenvalue weighted by molar-refractivity contribution is 5.76. The zero-order valence-electron chi connectivity index (χ0n) is 16.2. The number of nitrogens with zero attached hydrogens (tertiary/aromatic N) is 4. The van der Waals surface area contributed by atoms with E-state index in [0.29, 0.717) is 5.91 Å². The van der Waals surface area contributed by atoms with Gasteiger partial charge in [-0.2, -0.15) is 0 Å². The summed E-state index contributed by atoms with van der Waals surface area (Å²) in [7, 11) is 0. The number of aryl methyl sites for hydroxylation is 2. The quantitative estimate of drug-likeness (QED) is 0.831. The van der Waals surface area contributed by atoms with E-state index >= 15 is 0 Å². The van der Waals surface area contributed by atoms with Gasteiger partial charge in [0.25, 0.3) is 0 Å². The van der Waals surface area contributed by atoms with Gasteiger partial charge in [-0.3, -0.25) is 4.79 Å². The summed E-state index contributed by atoms with van der Waals surface area (Å²) < 4.78 is 0. The van der Waals surface area contributed by atoms with Gasteiger partial charge in [-0.05, 0) is 44.9 Å². The number of fused-ring (bicyclic) bond motifs is 1. The molecule has 1 aliphatic heterocycles. The summed E-state index contributed by atoms with van der Waals surface area (Å²) in [5.74, 6) is 3.19. The molecule has 1 amide bonds. The fraction of sp³-hybridized carbons (Fsp3) is 0.762. The molecule has 0 radical (unpaired) electrons. The highest BCUT2D eigenvalue weighted by Gasteiger charge is 2.26. The Balaban J connectivity index is 1.35. The van der Waals surface area contributed by atoms with Gasteiger partial charge in [0, 0.05) is 43.9 Å². The molecular formula is C21H32N4O. The molecule has 142 valence electrons. The van der Waals surface area contributed by atoms with Crippen molar-refractivity contribution in [2.24, 2.45) is 5.92 Å². The van der Waals surface area contributed by atoms with Crippen LogP contribution in [0.3, 0.4) is 0 Å². The van der Waals surface area contributed by atoms with Crippen molar-refractivity contribution in [3.05, 3.63) is 17.1 Å². The van der Waals surface area contributed by atoms with Gasteiger partial charge in [0.05, 0.1) is 0 Å². The van der Waals surface area contributed by atoms with Crippen molar-refractivity contribution in [3.63, 3.8) is 0 Å². The highest BCUT2D eigenvalue weighted by Crippen LogP contribution is 2.30. The van der Waals surface area contributed by atoms with Gasteiger partial charge in [0.1, 0.15) is 11.6 Å². The Bertz CT molecular complexity index is 646. The predicted molar refractivity (Wildman–Crippen MR) is 103 cm³/mol. The topological polar surface area (TPSA) is 49.3 Å². The molecule has 1 saturated carbocycles. The minimum Gasteiger partial charge on any atom is -0.353 e. The van der Waals surface area contributed by atoms with Gasteiger partial charge in [0.2, 0.25) is 5.91 Å². The van der Waals surface area contributed by atoms with Gasteiger partial charge in [-0.25, -0.2) is 9.97 Å². The van der Waals surface area contributed by atoms with E-state index in [4.69, 9.17) is 4.98 Å². The summed E-state index contributed by atoms with van der Waals surface area (Å²) >= 11 is 0. The van der Waals surface area contributed by atoms with E-state index in [1.165, 1.54) is 49.8 Å². The molecule has 0 spiro atoms. The van der Waals surface area contributed by atoms with Gasteiger partial charge in [0.15, 0.2) is 0 Å². The molecule has 0 bridgehead atoms. The second-order valence-corrected chi connectivity index (χ2v) is 8.28. The number of anilines is 1. The number of aromatic nitrogens is 2. The number of rotatable bonds is 4. The lowest BCUT2D eigenvalue weighted by atomic mass is 9.96. The minimum absolute atomic E-state index is 0.359. The van der Waals surface area contributed by atoms with Crippen molar-refractivity contribution in [3.8, 4) is 0 Å². The van der Waals surface area contributed by atoms with Crippen LogP contribution < -0.4 is 4.90 Å². The van der Waals surface area contributed by atoms with Crippen molar-refractivity contribution in [1.29, 1.82) is 0 Å². The van der Waals surface area contributed by atoms with Crippen LogP contribution >= 0.6 is 0 Å². The van der Waals surface area contributed by atoms with Crippen LogP contribution in [-0.4, -0.2) is 47.0 Å². The molecule has 1 aromatic heterocycles. The first-order chi connectivity index (χ1) is 12.7. The van der Waals surface area contributed by atoms with E-state index in [2.05, 4.69) is 14.8 Å². The second-order valence-electron chi connectivity index (χ2n) is 8.28. The maximum absolute atomic E-state index is 12.6. The Morgan fingerprint density at radius 1 is 1.00 bits per heavy atom. The zero-order chi connectivity index (χ0) is 17.9. The lowest BCUT2D eigenvalue weighted by Crippen LogP contribution is -2.49. The van der Waals surface area contributed by atoms with Crippen molar-refractivity contribution in [2.75, 3.05) is 31.1 Å². The van der Waals surface area contributed by atoms with Crippen LogP contribution in [0.25, 0.3) is 0 Å². The molecule has 26 heavy (non-hydrogen) atoms. The fourth-order valence-corrected chi connectivity index (χ4v) is 4.91. The Morgan fingerprint density at radius 2 is 1.73 bits per heavy atom. The van der Waals surface area contributed by atoms with Crippen LogP contribution in [-0.2, 0) is 17.6 Å². The first-order valence-corrected chi connectivity index (χ1v) is 10.6. The maximum atomic E-state index is 12.6. The number of carbonyl (C=O) groups is 1. The molecule has 2 heterocycles. The zero-order valence-corrected chi connectivity index (χ0v) is 16.2. The smallest absolute Gasteiger partial charge is 0.222 e.